The van der Waals surface area contributed by atoms with E-state index >= 15 is 0 Å². The number of nitrogens with zero attached hydrogens (tertiary/aromatic N) is 1. The molecule has 7 heteroatoms. The zero-order valence-corrected chi connectivity index (χ0v) is 20.8. The fourth-order valence-corrected chi connectivity index (χ4v) is 5.30. The number of aromatic nitrogens is 2. The molecule has 0 bridgehead atoms. The molecule has 34 heavy (non-hydrogen) atoms. The van der Waals surface area contributed by atoms with Crippen molar-refractivity contribution in [2.24, 2.45) is 0 Å². The Kier molecular flexibility index (Phi) is 7.91. The molecule has 2 aromatic carbocycles. The van der Waals surface area contributed by atoms with Crippen molar-refractivity contribution < 1.29 is 9.53 Å². The summed E-state index contributed by atoms with van der Waals surface area (Å²) in [5.74, 6) is 1.75. The van der Waals surface area contributed by atoms with Gasteiger partial charge >= 0.3 is 6.09 Å². The maximum Gasteiger partial charge on any atom is 0.411 e. The van der Waals surface area contributed by atoms with Crippen LogP contribution < -0.4 is 10.6 Å². The maximum atomic E-state index is 11.4. The van der Waals surface area contributed by atoms with Gasteiger partial charge in [-0.15, -0.1) is 0 Å². The molecule has 1 saturated heterocycles. The molecular formula is C27H33ClN4O2. The standard InChI is InChI=1S/C27H33ClN4O2/c1-4-17(5-2)20-9-6-7-10-21(20)22-11-8-16-29-24(22)26-31-23(25(28)32-26)18-12-14-19(15-13-18)30-27(33)34-3/h6-7,9-10,12-15,17,22,24,29H,4-5,8,11,16H2,1-3H3,(H,30,33)(H,31,32). The molecule has 0 spiro atoms. The first-order valence-electron chi connectivity index (χ1n) is 12.1. The minimum Gasteiger partial charge on any atom is -0.453 e. The van der Waals surface area contributed by atoms with Gasteiger partial charge in [-0.2, -0.15) is 0 Å². The van der Waals surface area contributed by atoms with Crippen LogP contribution in [0.3, 0.4) is 0 Å². The molecule has 4 rings (SSSR count). The second-order valence-corrected chi connectivity index (χ2v) is 9.18. The molecule has 1 fully saturated rings. The monoisotopic (exact) mass is 480 g/mol. The zero-order chi connectivity index (χ0) is 24.1. The van der Waals surface area contributed by atoms with Crippen molar-refractivity contribution in [1.29, 1.82) is 0 Å². The molecular weight excluding hydrogens is 448 g/mol. The largest absolute Gasteiger partial charge is 0.453 e. The van der Waals surface area contributed by atoms with Crippen LogP contribution in [-0.2, 0) is 4.74 Å². The van der Waals surface area contributed by atoms with Crippen molar-refractivity contribution >= 4 is 23.4 Å². The minimum absolute atomic E-state index is 0.0655. The van der Waals surface area contributed by atoms with Crippen molar-refractivity contribution in [2.45, 2.75) is 57.4 Å². The lowest BCUT2D eigenvalue weighted by Crippen LogP contribution is -2.34. The molecule has 1 aromatic heterocycles. The Hall–Kier alpha value is -2.83. The van der Waals surface area contributed by atoms with E-state index in [1.807, 2.05) is 24.3 Å². The molecule has 6 nitrogen and oxygen atoms in total. The molecule has 1 amide bonds. The van der Waals surface area contributed by atoms with Crippen molar-refractivity contribution in [2.75, 3.05) is 19.0 Å². The summed E-state index contributed by atoms with van der Waals surface area (Å²) >= 11 is 6.63. The summed E-state index contributed by atoms with van der Waals surface area (Å²) in [4.78, 5) is 19.7. The number of methoxy groups -OCH3 is 1. The van der Waals surface area contributed by atoms with Crippen molar-refractivity contribution in [3.8, 4) is 11.3 Å². The van der Waals surface area contributed by atoms with Gasteiger partial charge < -0.3 is 15.0 Å². The molecule has 3 N–H and O–H groups in total. The van der Waals surface area contributed by atoms with Gasteiger partial charge in [0.2, 0.25) is 0 Å². The summed E-state index contributed by atoms with van der Waals surface area (Å²) < 4.78 is 4.65. The summed E-state index contributed by atoms with van der Waals surface area (Å²) in [7, 11) is 1.34. The van der Waals surface area contributed by atoms with E-state index < -0.39 is 6.09 Å². The number of rotatable bonds is 7. The minimum atomic E-state index is -0.504. The second kappa shape index (κ2) is 11.1. The summed E-state index contributed by atoms with van der Waals surface area (Å²) in [5.41, 5.74) is 5.11. The van der Waals surface area contributed by atoms with Gasteiger partial charge in [0, 0.05) is 17.2 Å². The molecule has 2 unspecified atom stereocenters. The number of aromatic amines is 1. The number of ether oxygens (including phenoxy) is 1. The molecule has 0 aliphatic carbocycles. The highest BCUT2D eigenvalue weighted by atomic mass is 35.5. The fraction of sp³-hybridized carbons (Fsp3) is 0.407. The van der Waals surface area contributed by atoms with Gasteiger partial charge in [-0.3, -0.25) is 5.32 Å². The van der Waals surface area contributed by atoms with Crippen molar-refractivity contribution in [1.82, 2.24) is 15.3 Å². The molecule has 1 aliphatic rings. The van der Waals surface area contributed by atoms with E-state index in [0.717, 1.165) is 43.6 Å². The predicted octanol–water partition coefficient (Wildman–Crippen LogP) is 7.02. The van der Waals surface area contributed by atoms with Crippen LogP contribution in [-0.4, -0.2) is 29.7 Å². The summed E-state index contributed by atoms with van der Waals surface area (Å²) in [6, 6.07) is 16.4. The zero-order valence-electron chi connectivity index (χ0n) is 20.0. The number of hydrogen-bond acceptors (Lipinski definition) is 4. The lowest BCUT2D eigenvalue weighted by molar-refractivity contribution is 0.187. The number of carbonyl (C=O) groups excluding carboxylic acids is 1. The van der Waals surface area contributed by atoms with E-state index in [1.165, 1.54) is 18.2 Å². The first-order chi connectivity index (χ1) is 16.5. The highest BCUT2D eigenvalue weighted by molar-refractivity contribution is 6.31. The third-order valence-electron chi connectivity index (χ3n) is 6.84. The van der Waals surface area contributed by atoms with Gasteiger partial charge in [-0.1, -0.05) is 61.8 Å². The third kappa shape index (κ3) is 5.13. The maximum absolute atomic E-state index is 11.4. The topological polar surface area (TPSA) is 79.0 Å². The number of imidazole rings is 1. The van der Waals surface area contributed by atoms with Gasteiger partial charge in [0.15, 0.2) is 0 Å². The molecule has 180 valence electrons. The number of amides is 1. The normalized spacial score (nSPS) is 18.1. The van der Waals surface area contributed by atoms with E-state index in [-0.39, 0.29) is 6.04 Å². The first-order valence-corrected chi connectivity index (χ1v) is 12.5. The molecule has 3 aromatic rings. The Morgan fingerprint density at radius 3 is 2.62 bits per heavy atom. The Bertz CT molecular complexity index is 1110. The number of halogens is 1. The third-order valence-corrected chi connectivity index (χ3v) is 7.12. The number of nitrogens with one attached hydrogen (secondary N) is 3. The Morgan fingerprint density at radius 1 is 1.18 bits per heavy atom. The van der Waals surface area contributed by atoms with Crippen LogP contribution in [0.15, 0.2) is 48.5 Å². The molecule has 1 aliphatic heterocycles. The summed E-state index contributed by atoms with van der Waals surface area (Å²) in [5, 5.41) is 6.88. The van der Waals surface area contributed by atoms with E-state index in [0.29, 0.717) is 28.4 Å². The Labute approximate surface area is 206 Å². The average Bonchev–Trinajstić information content (AvgIpc) is 3.27. The predicted molar refractivity (Wildman–Crippen MR) is 138 cm³/mol. The van der Waals surface area contributed by atoms with Crippen LogP contribution in [0.25, 0.3) is 11.3 Å². The van der Waals surface area contributed by atoms with Crippen LogP contribution in [0.5, 0.6) is 0 Å². The highest BCUT2D eigenvalue weighted by Gasteiger charge is 2.32. The lowest BCUT2D eigenvalue weighted by atomic mass is 9.78. The molecule has 2 heterocycles. The highest BCUT2D eigenvalue weighted by Crippen LogP contribution is 2.42. The number of H-pyrrole nitrogens is 1. The van der Waals surface area contributed by atoms with E-state index in [4.69, 9.17) is 16.6 Å². The summed E-state index contributed by atoms with van der Waals surface area (Å²) in [6.45, 7) is 5.49. The van der Waals surface area contributed by atoms with Crippen LogP contribution in [0.4, 0.5) is 10.5 Å². The number of hydrogen-bond donors (Lipinski definition) is 3. The number of anilines is 1. The van der Waals surface area contributed by atoms with Gasteiger partial charge in [-0.05, 0) is 61.4 Å². The van der Waals surface area contributed by atoms with Crippen LogP contribution in [0.1, 0.15) is 74.4 Å². The number of carbonyl (C=O) groups is 1. The number of piperidine rings is 1. The van der Waals surface area contributed by atoms with Crippen LogP contribution in [0, 0.1) is 0 Å². The SMILES string of the molecule is CCC(CC)c1ccccc1C1CCCNC1c1nc(-c2ccc(NC(=O)OC)cc2)c(Cl)[nH]1. The van der Waals surface area contributed by atoms with E-state index in [1.54, 1.807) is 0 Å². The Balaban J connectivity index is 1.63. The van der Waals surface area contributed by atoms with Gasteiger partial charge in [0.05, 0.1) is 13.2 Å². The first kappa shape index (κ1) is 24.3. The van der Waals surface area contributed by atoms with Crippen LogP contribution >= 0.6 is 11.6 Å². The van der Waals surface area contributed by atoms with Crippen LogP contribution in [0.2, 0.25) is 5.15 Å². The van der Waals surface area contributed by atoms with Crippen molar-refractivity contribution in [3.05, 3.63) is 70.6 Å². The fourth-order valence-electron chi connectivity index (χ4n) is 5.05. The quantitative estimate of drug-likeness (QED) is 0.339. The van der Waals surface area contributed by atoms with Gasteiger partial charge in [0.25, 0.3) is 0 Å². The Morgan fingerprint density at radius 2 is 1.91 bits per heavy atom. The van der Waals surface area contributed by atoms with Gasteiger partial charge in [0.1, 0.15) is 16.7 Å². The molecule has 0 saturated carbocycles. The molecule has 0 radical (unpaired) electrons. The van der Waals surface area contributed by atoms with Gasteiger partial charge in [-0.25, -0.2) is 9.78 Å². The second-order valence-electron chi connectivity index (χ2n) is 8.80. The summed E-state index contributed by atoms with van der Waals surface area (Å²) in [6.07, 6.45) is 4.01. The average molecular weight is 481 g/mol. The van der Waals surface area contributed by atoms with E-state index in [2.05, 4.69) is 58.5 Å². The van der Waals surface area contributed by atoms with E-state index in [9.17, 15) is 4.79 Å². The number of benzene rings is 2. The van der Waals surface area contributed by atoms with Crippen molar-refractivity contribution in [3.63, 3.8) is 0 Å². The smallest absolute Gasteiger partial charge is 0.411 e. The molecule has 2 atom stereocenters. The lowest BCUT2D eigenvalue weighted by Gasteiger charge is -2.34.